The van der Waals surface area contributed by atoms with E-state index >= 15 is 0 Å². The fraction of sp³-hybridized carbons (Fsp3) is 0.526. The number of ether oxygens (including phenoxy) is 1. The molecule has 0 spiro atoms. The van der Waals surface area contributed by atoms with E-state index in [0.29, 0.717) is 54.4 Å². The molecule has 5 rings (SSSR count). The third-order valence-corrected chi connectivity index (χ3v) is 9.49. The van der Waals surface area contributed by atoms with E-state index in [9.17, 15) is 14.4 Å². The highest BCUT2D eigenvalue weighted by Crippen LogP contribution is 2.31. The van der Waals surface area contributed by atoms with Crippen molar-refractivity contribution >= 4 is 17.6 Å². The number of benzene rings is 2. The van der Waals surface area contributed by atoms with Crippen molar-refractivity contribution in [2.24, 2.45) is 0 Å². The van der Waals surface area contributed by atoms with Crippen LogP contribution in [0.2, 0.25) is 0 Å². The topological polar surface area (TPSA) is 88.0 Å². The predicted molar refractivity (Wildman–Crippen MR) is 185 cm³/mol. The van der Waals surface area contributed by atoms with E-state index in [0.717, 1.165) is 76.9 Å². The zero-order chi connectivity index (χ0) is 33.3. The van der Waals surface area contributed by atoms with Crippen LogP contribution in [0.1, 0.15) is 102 Å². The summed E-state index contributed by atoms with van der Waals surface area (Å²) >= 11 is 0. The SMILES string of the molecule is CCCCN(CCCC)C(=O)c1cn(CCCN2CCOCC2)c(-c2ccc(C(C)=O)cc2C(=O)N2Cc3ccccc3C[C@H]2C)n1. The molecule has 2 aliphatic heterocycles. The maximum Gasteiger partial charge on any atom is 0.274 e. The lowest BCUT2D eigenvalue weighted by Crippen LogP contribution is -2.42. The predicted octanol–water partition coefficient (Wildman–Crippen LogP) is 6.10. The molecule has 0 unspecified atom stereocenters. The number of hydrogen-bond acceptors (Lipinski definition) is 6. The van der Waals surface area contributed by atoms with Gasteiger partial charge in [-0.3, -0.25) is 19.3 Å². The molecule has 2 amide bonds. The summed E-state index contributed by atoms with van der Waals surface area (Å²) in [7, 11) is 0. The number of Topliss-reactive ketones (excluding diaryl/α,β-unsaturated/α-hetero) is 1. The Morgan fingerprint density at radius 3 is 2.32 bits per heavy atom. The third-order valence-electron chi connectivity index (χ3n) is 9.49. The number of fused-ring (bicyclic) bond motifs is 1. The highest BCUT2D eigenvalue weighted by molar-refractivity contribution is 6.04. The first-order valence-electron chi connectivity index (χ1n) is 17.5. The van der Waals surface area contributed by atoms with Crippen LogP contribution in [-0.2, 0) is 24.2 Å². The molecular formula is C38H51N5O4. The van der Waals surface area contributed by atoms with Crippen LogP contribution in [0, 0.1) is 0 Å². The number of aryl methyl sites for hydroxylation is 1. The molecule has 47 heavy (non-hydrogen) atoms. The molecule has 3 heterocycles. The molecular weight excluding hydrogens is 590 g/mol. The zero-order valence-corrected chi connectivity index (χ0v) is 28.7. The largest absolute Gasteiger partial charge is 0.379 e. The second-order valence-corrected chi connectivity index (χ2v) is 13.0. The van der Waals surface area contributed by atoms with E-state index < -0.39 is 0 Å². The van der Waals surface area contributed by atoms with Gasteiger partial charge >= 0.3 is 0 Å². The Morgan fingerprint density at radius 2 is 1.64 bits per heavy atom. The van der Waals surface area contributed by atoms with Crippen LogP contribution in [0.15, 0.2) is 48.7 Å². The maximum atomic E-state index is 14.5. The highest BCUT2D eigenvalue weighted by Gasteiger charge is 2.31. The van der Waals surface area contributed by atoms with E-state index in [1.165, 1.54) is 12.5 Å². The molecule has 252 valence electrons. The number of carbonyl (C=O) groups is 3. The smallest absolute Gasteiger partial charge is 0.274 e. The number of nitrogens with zero attached hydrogens (tertiary/aromatic N) is 5. The monoisotopic (exact) mass is 641 g/mol. The minimum atomic E-state index is -0.131. The van der Waals surface area contributed by atoms with E-state index in [2.05, 4.69) is 37.8 Å². The lowest BCUT2D eigenvalue weighted by molar-refractivity contribution is 0.0369. The number of amides is 2. The van der Waals surface area contributed by atoms with Crippen molar-refractivity contribution in [3.05, 3.63) is 76.6 Å². The molecule has 1 aromatic heterocycles. The van der Waals surface area contributed by atoms with Crippen molar-refractivity contribution in [3.63, 3.8) is 0 Å². The normalized spacial score (nSPS) is 16.6. The number of morpholine rings is 1. The van der Waals surface area contributed by atoms with Gasteiger partial charge in [0.15, 0.2) is 5.78 Å². The summed E-state index contributed by atoms with van der Waals surface area (Å²) in [6.45, 7) is 14.6. The Balaban J connectivity index is 1.53. The van der Waals surface area contributed by atoms with Crippen LogP contribution >= 0.6 is 0 Å². The molecule has 0 bridgehead atoms. The number of hydrogen-bond donors (Lipinski definition) is 0. The van der Waals surface area contributed by atoms with Gasteiger partial charge in [0.25, 0.3) is 11.8 Å². The average molecular weight is 642 g/mol. The first kappa shape index (κ1) is 34.5. The minimum absolute atomic E-state index is 0.0117. The molecule has 0 saturated carbocycles. The van der Waals surface area contributed by atoms with Crippen molar-refractivity contribution in [1.29, 1.82) is 0 Å². The molecule has 0 aliphatic carbocycles. The summed E-state index contributed by atoms with van der Waals surface area (Å²) in [6.07, 6.45) is 7.38. The number of carbonyl (C=O) groups excluding carboxylic acids is 3. The van der Waals surface area contributed by atoms with Crippen molar-refractivity contribution in [2.45, 2.75) is 85.4 Å². The Morgan fingerprint density at radius 1 is 0.936 bits per heavy atom. The van der Waals surface area contributed by atoms with Crippen molar-refractivity contribution in [1.82, 2.24) is 24.3 Å². The first-order chi connectivity index (χ1) is 22.8. The number of unbranched alkanes of at least 4 members (excludes halogenated alkanes) is 2. The van der Waals surface area contributed by atoms with Gasteiger partial charge in [-0.15, -0.1) is 0 Å². The van der Waals surface area contributed by atoms with Crippen molar-refractivity contribution in [2.75, 3.05) is 45.9 Å². The fourth-order valence-electron chi connectivity index (χ4n) is 6.61. The molecule has 0 N–H and O–H groups in total. The average Bonchev–Trinajstić information content (AvgIpc) is 3.51. The molecule has 1 atom stereocenters. The van der Waals surface area contributed by atoms with Crippen LogP contribution in [0.5, 0.6) is 0 Å². The Kier molecular flexibility index (Phi) is 12.0. The van der Waals surface area contributed by atoms with E-state index in [-0.39, 0.29) is 23.6 Å². The molecule has 1 fully saturated rings. The van der Waals surface area contributed by atoms with Crippen molar-refractivity contribution < 1.29 is 19.1 Å². The molecule has 9 nitrogen and oxygen atoms in total. The Labute approximate surface area is 279 Å². The summed E-state index contributed by atoms with van der Waals surface area (Å²) in [5.41, 5.74) is 4.36. The second kappa shape index (κ2) is 16.3. The van der Waals surface area contributed by atoms with Gasteiger partial charge in [0.05, 0.1) is 18.8 Å². The van der Waals surface area contributed by atoms with E-state index in [1.54, 1.807) is 12.1 Å². The zero-order valence-electron chi connectivity index (χ0n) is 28.7. The minimum Gasteiger partial charge on any atom is -0.379 e. The van der Waals surface area contributed by atoms with Gasteiger partial charge in [0.2, 0.25) is 0 Å². The fourth-order valence-corrected chi connectivity index (χ4v) is 6.61. The lowest BCUT2D eigenvalue weighted by Gasteiger charge is -2.35. The van der Waals surface area contributed by atoms with Crippen molar-refractivity contribution in [3.8, 4) is 11.4 Å². The number of imidazole rings is 1. The third kappa shape index (κ3) is 8.37. The van der Waals surface area contributed by atoms with E-state index in [4.69, 9.17) is 9.72 Å². The summed E-state index contributed by atoms with van der Waals surface area (Å²) in [5.74, 6) is 0.280. The van der Waals surface area contributed by atoms with Crippen LogP contribution in [0.3, 0.4) is 0 Å². The van der Waals surface area contributed by atoms with Gasteiger partial charge in [-0.25, -0.2) is 4.98 Å². The Hall–Kier alpha value is -3.82. The maximum absolute atomic E-state index is 14.5. The summed E-state index contributed by atoms with van der Waals surface area (Å²) in [5, 5.41) is 0. The van der Waals surface area contributed by atoms with Gasteiger partial charge in [0, 0.05) is 69.2 Å². The van der Waals surface area contributed by atoms with Crippen LogP contribution in [0.25, 0.3) is 11.4 Å². The lowest BCUT2D eigenvalue weighted by atomic mass is 9.93. The van der Waals surface area contributed by atoms with E-state index in [1.807, 2.05) is 38.8 Å². The number of ketones is 1. The first-order valence-corrected chi connectivity index (χ1v) is 17.5. The quantitative estimate of drug-likeness (QED) is 0.198. The second-order valence-electron chi connectivity index (χ2n) is 13.0. The molecule has 3 aromatic rings. The van der Waals surface area contributed by atoms with Gasteiger partial charge < -0.3 is 19.1 Å². The van der Waals surface area contributed by atoms with Gasteiger partial charge in [0.1, 0.15) is 11.5 Å². The highest BCUT2D eigenvalue weighted by atomic mass is 16.5. The van der Waals surface area contributed by atoms with Crippen LogP contribution < -0.4 is 0 Å². The Bertz CT molecular complexity index is 1530. The molecule has 0 radical (unpaired) electrons. The summed E-state index contributed by atoms with van der Waals surface area (Å²) < 4.78 is 7.57. The van der Waals surface area contributed by atoms with Gasteiger partial charge in [-0.1, -0.05) is 57.0 Å². The standard InChI is InChI=1S/C38H51N5O4/c1-5-7-17-41(18-8-6-2)38(46)35-27-42(19-11-16-40-20-22-47-23-21-40)36(39-35)33-15-14-30(29(4)44)25-34(33)37(45)43-26-32-13-10-9-12-31(32)24-28(43)3/h9-10,12-15,25,27-28H,5-8,11,16-24,26H2,1-4H3/t28-/m1/s1. The molecule has 9 heteroatoms. The molecule has 2 aromatic carbocycles. The van der Waals surface area contributed by atoms with Gasteiger partial charge in [-0.05, 0) is 62.8 Å². The van der Waals surface area contributed by atoms with Crippen LogP contribution in [0.4, 0.5) is 0 Å². The number of aromatic nitrogens is 2. The number of rotatable bonds is 14. The van der Waals surface area contributed by atoms with Gasteiger partial charge in [-0.2, -0.15) is 0 Å². The summed E-state index contributed by atoms with van der Waals surface area (Å²) in [4.78, 5) is 52.2. The van der Waals surface area contributed by atoms with Crippen LogP contribution in [-0.4, -0.2) is 93.8 Å². The molecule has 1 saturated heterocycles. The molecule has 2 aliphatic rings. The summed E-state index contributed by atoms with van der Waals surface area (Å²) in [6, 6.07) is 13.6.